The average molecular weight is 616 g/mol. The zero-order valence-corrected chi connectivity index (χ0v) is 25.4. The molecule has 5 N–H and O–H groups in total. The van der Waals surface area contributed by atoms with Crippen LogP contribution in [-0.4, -0.2) is 63.3 Å². The molecule has 44 heavy (non-hydrogen) atoms. The fourth-order valence-electron chi connectivity index (χ4n) is 5.28. The van der Waals surface area contributed by atoms with Crippen LogP contribution < -0.4 is 16.0 Å². The second-order valence-electron chi connectivity index (χ2n) is 11.0. The predicted octanol–water partition coefficient (Wildman–Crippen LogP) is 3.32. The molecule has 1 heterocycles. The first-order valence-electron chi connectivity index (χ1n) is 14.9. The quantitative estimate of drug-likeness (QED) is 0.172. The van der Waals surface area contributed by atoms with E-state index in [2.05, 4.69) is 34.8 Å². The summed E-state index contributed by atoms with van der Waals surface area (Å²) in [6, 6.07) is 4.13. The fraction of sp³-hybridized carbons (Fsp3) is 0.531. The zero-order valence-electron chi connectivity index (χ0n) is 25.4. The molecule has 12 heteroatoms. The maximum Gasteiger partial charge on any atom is 0.253 e. The molecule has 2 rings (SSSR count). The Kier molecular flexibility index (Phi) is 15.4. The highest BCUT2D eigenvalue weighted by Crippen LogP contribution is 2.21. The highest BCUT2D eigenvalue weighted by molar-refractivity contribution is 5.97. The summed E-state index contributed by atoms with van der Waals surface area (Å²) < 4.78 is 28.1. The number of aliphatic hydroxyl groups is 2. The molecule has 1 aromatic heterocycles. The van der Waals surface area contributed by atoms with Crippen LogP contribution in [0.4, 0.5) is 8.78 Å². The van der Waals surface area contributed by atoms with Gasteiger partial charge in [0.15, 0.2) is 0 Å². The topological polar surface area (TPSA) is 164 Å². The van der Waals surface area contributed by atoms with Crippen molar-refractivity contribution in [2.75, 3.05) is 0 Å². The van der Waals surface area contributed by atoms with Crippen LogP contribution in [0.1, 0.15) is 81.6 Å². The van der Waals surface area contributed by atoms with Crippen molar-refractivity contribution in [3.8, 4) is 6.07 Å². The standard InChI is InChI=1S/C32H43F2N5O5/c1-4-7-21(8-5-2)10-11-27(38-31(43)23-9-6-14-36-19-23)32(44)39-28(17-22-15-24(33)18-25(34)16-22)30(42)29(41)26(12-13-35)37-20(3)40/h6,9,14-16,18-19,21,26-30,41-42H,4-5,7-8,10-12,17H2,1-3H3,(H,37,40)(H,38,43)(H,39,44)/t26-,27+,28+,29+,30+/m0/s1. The molecular weight excluding hydrogens is 572 g/mol. The molecule has 0 saturated carbocycles. The van der Waals surface area contributed by atoms with Gasteiger partial charge >= 0.3 is 0 Å². The van der Waals surface area contributed by atoms with Crippen LogP contribution in [0.5, 0.6) is 0 Å². The zero-order chi connectivity index (χ0) is 32.6. The Hall–Kier alpha value is -3.95. The van der Waals surface area contributed by atoms with Crippen molar-refractivity contribution in [1.29, 1.82) is 5.26 Å². The number of amides is 3. The van der Waals surface area contributed by atoms with Gasteiger partial charge in [-0.3, -0.25) is 19.4 Å². The molecule has 0 unspecified atom stereocenters. The lowest BCUT2D eigenvalue weighted by molar-refractivity contribution is -0.127. The monoisotopic (exact) mass is 615 g/mol. The molecule has 0 aliphatic rings. The second kappa shape index (κ2) is 18.7. The van der Waals surface area contributed by atoms with Gasteiger partial charge in [-0.15, -0.1) is 0 Å². The van der Waals surface area contributed by atoms with Crippen LogP contribution >= 0.6 is 0 Å². The van der Waals surface area contributed by atoms with Gasteiger partial charge < -0.3 is 26.2 Å². The second-order valence-corrected chi connectivity index (χ2v) is 11.0. The van der Waals surface area contributed by atoms with Crippen LogP contribution in [0.2, 0.25) is 0 Å². The van der Waals surface area contributed by atoms with Gasteiger partial charge in [0.05, 0.1) is 30.1 Å². The number of aromatic nitrogens is 1. The van der Waals surface area contributed by atoms with Crippen molar-refractivity contribution in [1.82, 2.24) is 20.9 Å². The first kappa shape index (κ1) is 36.2. The lowest BCUT2D eigenvalue weighted by atomic mass is 9.90. The number of nitrogens with zero attached hydrogens (tertiary/aromatic N) is 2. The van der Waals surface area contributed by atoms with Crippen molar-refractivity contribution in [3.05, 3.63) is 65.5 Å². The van der Waals surface area contributed by atoms with E-state index in [-0.39, 0.29) is 30.4 Å². The third kappa shape index (κ3) is 12.0. The van der Waals surface area contributed by atoms with Gasteiger partial charge in [-0.05, 0) is 55.0 Å². The van der Waals surface area contributed by atoms with Crippen molar-refractivity contribution < 1.29 is 33.4 Å². The molecule has 0 fully saturated rings. The van der Waals surface area contributed by atoms with Crippen molar-refractivity contribution in [2.45, 2.75) is 102 Å². The molecule has 10 nitrogen and oxygen atoms in total. The smallest absolute Gasteiger partial charge is 0.253 e. The van der Waals surface area contributed by atoms with E-state index in [9.17, 15) is 38.6 Å². The summed E-state index contributed by atoms with van der Waals surface area (Å²) in [7, 11) is 0. The number of pyridine rings is 1. The Labute approximate surface area is 257 Å². The summed E-state index contributed by atoms with van der Waals surface area (Å²) in [4.78, 5) is 42.4. The van der Waals surface area contributed by atoms with Gasteiger partial charge in [-0.2, -0.15) is 5.26 Å². The number of hydrogen-bond acceptors (Lipinski definition) is 7. The van der Waals surface area contributed by atoms with Crippen LogP contribution in [-0.2, 0) is 16.0 Å². The maximum atomic E-state index is 14.0. The number of carbonyl (C=O) groups excluding carboxylic acids is 3. The highest BCUT2D eigenvalue weighted by atomic mass is 19.1. The number of nitriles is 1. The number of carbonyl (C=O) groups is 3. The van der Waals surface area contributed by atoms with Gasteiger partial charge in [0.2, 0.25) is 11.8 Å². The van der Waals surface area contributed by atoms with Gasteiger partial charge in [0.25, 0.3) is 5.91 Å². The number of nitrogens with one attached hydrogen (secondary N) is 3. The molecule has 0 radical (unpaired) electrons. The largest absolute Gasteiger partial charge is 0.388 e. The van der Waals surface area contributed by atoms with E-state index >= 15 is 0 Å². The van der Waals surface area contributed by atoms with Gasteiger partial charge in [-0.25, -0.2) is 8.78 Å². The summed E-state index contributed by atoms with van der Waals surface area (Å²) in [6.07, 6.45) is 3.40. The Balaban J connectivity index is 2.41. The molecule has 1 aromatic carbocycles. The van der Waals surface area contributed by atoms with E-state index in [1.807, 2.05) is 6.07 Å². The Morgan fingerprint density at radius 2 is 1.57 bits per heavy atom. The first-order valence-corrected chi connectivity index (χ1v) is 14.9. The minimum atomic E-state index is -1.78. The highest BCUT2D eigenvalue weighted by Gasteiger charge is 2.35. The van der Waals surface area contributed by atoms with E-state index in [4.69, 9.17) is 0 Å². The minimum Gasteiger partial charge on any atom is -0.388 e. The third-order valence-electron chi connectivity index (χ3n) is 7.38. The predicted molar refractivity (Wildman–Crippen MR) is 160 cm³/mol. The molecule has 0 spiro atoms. The SMILES string of the molecule is CCCC(CCC)CC[C@@H](NC(=O)c1cccnc1)C(=O)N[C@H](Cc1cc(F)cc(F)c1)[C@@H](O)[C@H](O)[C@H](CC#N)NC(C)=O. The molecular formula is C32H43F2N5O5. The lowest BCUT2D eigenvalue weighted by Gasteiger charge is -2.33. The molecule has 2 aromatic rings. The summed E-state index contributed by atoms with van der Waals surface area (Å²) in [5.74, 6) is -3.21. The fourth-order valence-corrected chi connectivity index (χ4v) is 5.28. The van der Waals surface area contributed by atoms with E-state index in [1.165, 1.54) is 19.3 Å². The molecule has 5 atom stereocenters. The van der Waals surface area contributed by atoms with Crippen molar-refractivity contribution >= 4 is 17.7 Å². The Morgan fingerprint density at radius 1 is 0.932 bits per heavy atom. The van der Waals surface area contributed by atoms with E-state index in [0.29, 0.717) is 18.4 Å². The lowest BCUT2D eigenvalue weighted by Crippen LogP contribution is -2.59. The van der Waals surface area contributed by atoms with Gasteiger partial charge in [0, 0.05) is 25.4 Å². The van der Waals surface area contributed by atoms with Gasteiger partial charge in [0.1, 0.15) is 29.9 Å². The number of rotatable bonds is 18. The summed E-state index contributed by atoms with van der Waals surface area (Å²) in [5.41, 5.74) is 0.318. The molecule has 3 amide bonds. The van der Waals surface area contributed by atoms with Crippen molar-refractivity contribution in [2.24, 2.45) is 5.92 Å². The molecule has 0 saturated heterocycles. The summed E-state index contributed by atoms with van der Waals surface area (Å²) >= 11 is 0. The third-order valence-corrected chi connectivity index (χ3v) is 7.38. The number of aliphatic hydroxyl groups excluding tert-OH is 2. The normalized spacial score (nSPS) is 14.5. The molecule has 0 aliphatic carbocycles. The maximum absolute atomic E-state index is 14.0. The number of benzene rings is 1. The van der Waals surface area contributed by atoms with E-state index in [1.54, 1.807) is 12.1 Å². The van der Waals surface area contributed by atoms with Crippen LogP contribution in [0.3, 0.4) is 0 Å². The van der Waals surface area contributed by atoms with E-state index < -0.39 is 59.7 Å². The summed E-state index contributed by atoms with van der Waals surface area (Å²) in [5, 5.41) is 39.2. The van der Waals surface area contributed by atoms with E-state index in [0.717, 1.165) is 37.8 Å². The molecule has 0 aliphatic heterocycles. The van der Waals surface area contributed by atoms with Crippen molar-refractivity contribution in [3.63, 3.8) is 0 Å². The number of hydrogen-bond donors (Lipinski definition) is 5. The molecule has 240 valence electrons. The average Bonchev–Trinajstić information content (AvgIpc) is 2.97. The Bertz CT molecular complexity index is 1230. The summed E-state index contributed by atoms with van der Waals surface area (Å²) in [6.45, 7) is 5.33. The Morgan fingerprint density at radius 3 is 2.11 bits per heavy atom. The molecule has 0 bridgehead atoms. The van der Waals surface area contributed by atoms with Crippen LogP contribution in [0.25, 0.3) is 0 Å². The van der Waals surface area contributed by atoms with Crippen LogP contribution in [0, 0.1) is 28.9 Å². The minimum absolute atomic E-state index is 0.0808. The first-order chi connectivity index (χ1) is 21.0. The van der Waals surface area contributed by atoms with Gasteiger partial charge in [-0.1, -0.05) is 39.5 Å². The number of halogens is 2. The van der Waals surface area contributed by atoms with Crippen LogP contribution in [0.15, 0.2) is 42.7 Å².